The molecule has 0 radical (unpaired) electrons. The van der Waals surface area contributed by atoms with Crippen LogP contribution >= 0.6 is 31.0 Å². The summed E-state index contributed by atoms with van der Waals surface area (Å²) >= 11 is 11.0. The standard InChI is InChI=1S/C8H13Cl2O4P/c1-4-5-8(2,3)6(7(9)10)14-15(11,12)13/h4H,1,5H2,2-3H3,(H2,11,12,13). The second-order valence-electron chi connectivity index (χ2n) is 3.55. The van der Waals surface area contributed by atoms with E-state index in [4.69, 9.17) is 33.0 Å². The minimum absolute atomic E-state index is 0.140. The van der Waals surface area contributed by atoms with Crippen molar-refractivity contribution >= 4 is 31.0 Å². The van der Waals surface area contributed by atoms with Gasteiger partial charge in [-0.2, -0.15) is 0 Å². The largest absolute Gasteiger partial charge is 0.524 e. The average Bonchev–Trinajstić information content (AvgIpc) is 1.97. The van der Waals surface area contributed by atoms with Gasteiger partial charge in [0, 0.05) is 5.41 Å². The van der Waals surface area contributed by atoms with E-state index in [1.54, 1.807) is 19.9 Å². The fourth-order valence-corrected chi connectivity index (χ4v) is 2.26. The number of rotatable bonds is 5. The molecule has 4 nitrogen and oxygen atoms in total. The molecule has 0 aliphatic carbocycles. The van der Waals surface area contributed by atoms with Crippen molar-refractivity contribution < 1.29 is 18.9 Å². The zero-order valence-electron chi connectivity index (χ0n) is 8.41. The Labute approximate surface area is 98.8 Å². The number of phosphoric acid groups is 1. The summed E-state index contributed by atoms with van der Waals surface area (Å²) in [5, 5.41) is 0. The molecule has 0 bridgehead atoms. The zero-order valence-corrected chi connectivity index (χ0v) is 10.8. The van der Waals surface area contributed by atoms with Gasteiger partial charge in [-0.3, -0.25) is 9.79 Å². The van der Waals surface area contributed by atoms with Gasteiger partial charge in [0.25, 0.3) is 0 Å². The molecular weight excluding hydrogens is 262 g/mol. The van der Waals surface area contributed by atoms with Gasteiger partial charge < -0.3 is 4.52 Å². The fourth-order valence-electron chi connectivity index (χ4n) is 0.986. The number of phosphoric ester groups is 1. The van der Waals surface area contributed by atoms with Crippen LogP contribution in [0.15, 0.2) is 22.9 Å². The maximum atomic E-state index is 10.7. The summed E-state index contributed by atoms with van der Waals surface area (Å²) in [7, 11) is -4.66. The third kappa shape index (κ3) is 5.59. The normalized spacial score (nSPS) is 12.1. The second-order valence-corrected chi connectivity index (χ2v) is 5.66. The van der Waals surface area contributed by atoms with Gasteiger partial charge in [0.05, 0.1) is 0 Å². The minimum atomic E-state index is -4.66. The highest BCUT2D eigenvalue weighted by atomic mass is 35.5. The van der Waals surface area contributed by atoms with Crippen molar-refractivity contribution in [3.63, 3.8) is 0 Å². The average molecular weight is 275 g/mol. The van der Waals surface area contributed by atoms with Crippen molar-refractivity contribution in [3.05, 3.63) is 22.9 Å². The van der Waals surface area contributed by atoms with Gasteiger partial charge in [-0.1, -0.05) is 43.1 Å². The molecule has 15 heavy (non-hydrogen) atoms. The molecule has 0 spiro atoms. The predicted octanol–water partition coefficient (Wildman–Crippen LogP) is 3.34. The van der Waals surface area contributed by atoms with Gasteiger partial charge in [0.2, 0.25) is 0 Å². The Hall–Kier alpha value is 0.01000. The van der Waals surface area contributed by atoms with Crippen LogP contribution in [0.5, 0.6) is 0 Å². The quantitative estimate of drug-likeness (QED) is 0.458. The zero-order chi connectivity index (χ0) is 12.3. The van der Waals surface area contributed by atoms with Crippen molar-refractivity contribution in [1.29, 1.82) is 0 Å². The minimum Gasteiger partial charge on any atom is -0.406 e. The molecule has 2 N–H and O–H groups in total. The molecule has 0 saturated carbocycles. The number of allylic oxidation sites excluding steroid dienone is 2. The van der Waals surface area contributed by atoms with Crippen LogP contribution in [0.3, 0.4) is 0 Å². The molecule has 0 aliphatic rings. The Morgan fingerprint density at radius 2 is 2.00 bits per heavy atom. The van der Waals surface area contributed by atoms with E-state index >= 15 is 0 Å². The predicted molar refractivity (Wildman–Crippen MR) is 60.5 cm³/mol. The van der Waals surface area contributed by atoms with E-state index < -0.39 is 13.2 Å². The first-order valence-electron chi connectivity index (χ1n) is 4.02. The summed E-state index contributed by atoms with van der Waals surface area (Å²) < 4.78 is 14.8. The van der Waals surface area contributed by atoms with E-state index in [0.29, 0.717) is 6.42 Å². The van der Waals surface area contributed by atoms with Crippen molar-refractivity contribution in [2.24, 2.45) is 5.41 Å². The molecule has 0 rings (SSSR count). The van der Waals surface area contributed by atoms with Crippen molar-refractivity contribution in [2.75, 3.05) is 0 Å². The number of halogens is 2. The molecule has 0 fully saturated rings. The molecule has 0 heterocycles. The van der Waals surface area contributed by atoms with Crippen molar-refractivity contribution in [1.82, 2.24) is 0 Å². The molecule has 0 saturated heterocycles. The lowest BCUT2D eigenvalue weighted by Gasteiger charge is -2.26. The highest BCUT2D eigenvalue weighted by Crippen LogP contribution is 2.47. The van der Waals surface area contributed by atoms with Crippen molar-refractivity contribution in [2.45, 2.75) is 20.3 Å². The van der Waals surface area contributed by atoms with Gasteiger partial charge in [0.1, 0.15) is 10.3 Å². The van der Waals surface area contributed by atoms with E-state index in [1.807, 2.05) is 0 Å². The Balaban J connectivity index is 5.10. The lowest BCUT2D eigenvalue weighted by Crippen LogP contribution is -2.16. The highest BCUT2D eigenvalue weighted by molar-refractivity contribution is 7.46. The maximum Gasteiger partial charge on any atom is 0.524 e. The van der Waals surface area contributed by atoms with Crippen LogP contribution in [-0.4, -0.2) is 9.79 Å². The van der Waals surface area contributed by atoms with E-state index in [0.717, 1.165) is 0 Å². The van der Waals surface area contributed by atoms with Crippen LogP contribution in [-0.2, 0) is 9.09 Å². The first kappa shape index (κ1) is 15.0. The molecular formula is C8H13Cl2O4P. The lowest BCUT2D eigenvalue weighted by molar-refractivity contribution is 0.195. The first-order chi connectivity index (χ1) is 6.60. The Kier molecular flexibility index (Phi) is 5.38. The number of hydrogen-bond acceptors (Lipinski definition) is 2. The van der Waals surface area contributed by atoms with E-state index in [9.17, 15) is 4.57 Å². The first-order valence-corrected chi connectivity index (χ1v) is 6.30. The van der Waals surface area contributed by atoms with Crippen LogP contribution < -0.4 is 0 Å². The van der Waals surface area contributed by atoms with Crippen LogP contribution in [0.1, 0.15) is 20.3 Å². The van der Waals surface area contributed by atoms with Crippen LogP contribution in [0.2, 0.25) is 0 Å². The Bertz CT molecular complexity index is 315. The Morgan fingerprint density at radius 3 is 2.27 bits per heavy atom. The van der Waals surface area contributed by atoms with Crippen LogP contribution in [0.4, 0.5) is 0 Å². The van der Waals surface area contributed by atoms with Crippen molar-refractivity contribution in [3.8, 4) is 0 Å². The summed E-state index contributed by atoms with van der Waals surface area (Å²) in [5.74, 6) is -0.140. The summed E-state index contributed by atoms with van der Waals surface area (Å²) in [4.78, 5) is 17.4. The molecule has 88 valence electrons. The molecule has 0 aromatic carbocycles. The SMILES string of the molecule is C=CCC(C)(C)C(OP(=O)(O)O)=C(Cl)Cl. The fraction of sp³-hybridized carbons (Fsp3) is 0.500. The molecule has 0 amide bonds. The smallest absolute Gasteiger partial charge is 0.406 e. The third-order valence-corrected chi connectivity index (χ3v) is 2.41. The molecule has 0 atom stereocenters. The third-order valence-electron chi connectivity index (χ3n) is 1.65. The molecule has 0 aromatic heterocycles. The summed E-state index contributed by atoms with van der Waals surface area (Å²) in [5.41, 5.74) is -0.721. The Morgan fingerprint density at radius 1 is 1.53 bits per heavy atom. The lowest BCUT2D eigenvalue weighted by atomic mass is 9.88. The molecule has 0 aromatic rings. The maximum absolute atomic E-state index is 10.7. The molecule has 0 unspecified atom stereocenters. The summed E-state index contributed by atoms with van der Waals surface area (Å²) in [6, 6.07) is 0. The van der Waals surface area contributed by atoms with Gasteiger partial charge in [0.15, 0.2) is 0 Å². The monoisotopic (exact) mass is 274 g/mol. The van der Waals surface area contributed by atoms with E-state index in [2.05, 4.69) is 11.1 Å². The summed E-state index contributed by atoms with van der Waals surface area (Å²) in [6.07, 6.45) is 2.00. The van der Waals surface area contributed by atoms with Gasteiger partial charge in [-0.25, -0.2) is 4.57 Å². The van der Waals surface area contributed by atoms with Crippen LogP contribution in [0, 0.1) is 5.41 Å². The van der Waals surface area contributed by atoms with E-state index in [1.165, 1.54) is 0 Å². The van der Waals surface area contributed by atoms with Gasteiger partial charge in [-0.05, 0) is 6.42 Å². The molecule has 0 aliphatic heterocycles. The summed E-state index contributed by atoms with van der Waals surface area (Å²) in [6.45, 7) is 6.90. The topological polar surface area (TPSA) is 66.8 Å². The van der Waals surface area contributed by atoms with Crippen LogP contribution in [0.25, 0.3) is 0 Å². The van der Waals surface area contributed by atoms with Gasteiger partial charge in [-0.15, -0.1) is 6.58 Å². The number of hydrogen-bond donors (Lipinski definition) is 2. The second kappa shape index (κ2) is 5.37. The van der Waals surface area contributed by atoms with E-state index in [-0.39, 0.29) is 10.3 Å². The highest BCUT2D eigenvalue weighted by Gasteiger charge is 2.32. The van der Waals surface area contributed by atoms with Gasteiger partial charge >= 0.3 is 7.82 Å². The molecule has 7 heteroatoms.